The standard InChI is InChI=1S/C17H17N3O2/c1-12(16-10-13-6-3-4-8-15(13)22-16)20(2)17(21)19-14-7-5-9-18-11-14/h3-12H,1-2H3,(H,19,21). The number of rotatable bonds is 3. The maximum Gasteiger partial charge on any atom is 0.322 e. The molecule has 3 rings (SSSR count). The lowest BCUT2D eigenvalue weighted by Crippen LogP contribution is -2.33. The van der Waals surface area contributed by atoms with Crippen molar-refractivity contribution in [1.29, 1.82) is 0 Å². The Labute approximate surface area is 128 Å². The molecule has 1 aromatic carbocycles. The smallest absolute Gasteiger partial charge is 0.322 e. The molecule has 2 amide bonds. The third kappa shape index (κ3) is 2.79. The van der Waals surface area contributed by atoms with Gasteiger partial charge in [-0.1, -0.05) is 18.2 Å². The molecule has 0 fully saturated rings. The van der Waals surface area contributed by atoms with Gasteiger partial charge in [0.1, 0.15) is 11.3 Å². The molecule has 0 aliphatic rings. The number of amides is 2. The van der Waals surface area contributed by atoms with Crippen molar-refractivity contribution in [3.05, 3.63) is 60.6 Å². The van der Waals surface area contributed by atoms with Crippen molar-refractivity contribution in [2.45, 2.75) is 13.0 Å². The van der Waals surface area contributed by atoms with Crippen LogP contribution in [0.15, 0.2) is 59.3 Å². The Hall–Kier alpha value is -2.82. The second-order valence-corrected chi connectivity index (χ2v) is 5.15. The highest BCUT2D eigenvalue weighted by Gasteiger charge is 2.20. The molecule has 1 atom stereocenters. The molecule has 0 aliphatic heterocycles. The molecule has 2 heterocycles. The number of furan rings is 1. The van der Waals surface area contributed by atoms with Crippen LogP contribution in [0.4, 0.5) is 10.5 Å². The number of pyridine rings is 1. The average molecular weight is 295 g/mol. The monoisotopic (exact) mass is 295 g/mol. The highest BCUT2D eigenvalue weighted by atomic mass is 16.3. The van der Waals surface area contributed by atoms with Crippen molar-refractivity contribution in [2.24, 2.45) is 0 Å². The van der Waals surface area contributed by atoms with Gasteiger partial charge in [-0.25, -0.2) is 4.79 Å². The number of aromatic nitrogens is 1. The van der Waals surface area contributed by atoms with Gasteiger partial charge in [0.25, 0.3) is 0 Å². The fraction of sp³-hybridized carbons (Fsp3) is 0.176. The third-order valence-corrected chi connectivity index (χ3v) is 3.67. The Balaban J connectivity index is 1.75. The largest absolute Gasteiger partial charge is 0.459 e. The Morgan fingerprint density at radius 3 is 2.82 bits per heavy atom. The molecule has 2 aromatic heterocycles. The first kappa shape index (κ1) is 14.1. The number of hydrogen-bond donors (Lipinski definition) is 1. The zero-order valence-corrected chi connectivity index (χ0v) is 12.5. The van der Waals surface area contributed by atoms with Crippen LogP contribution < -0.4 is 5.32 Å². The van der Waals surface area contributed by atoms with Crippen LogP contribution in [0, 0.1) is 0 Å². The number of fused-ring (bicyclic) bond motifs is 1. The summed E-state index contributed by atoms with van der Waals surface area (Å²) in [5, 5.41) is 3.84. The first-order chi connectivity index (χ1) is 10.6. The van der Waals surface area contributed by atoms with Crippen molar-refractivity contribution >= 4 is 22.7 Å². The summed E-state index contributed by atoms with van der Waals surface area (Å²) in [5.74, 6) is 0.755. The molecule has 0 saturated carbocycles. The molecule has 0 spiro atoms. The summed E-state index contributed by atoms with van der Waals surface area (Å²) in [7, 11) is 1.74. The van der Waals surface area contributed by atoms with Crippen LogP contribution in [0.2, 0.25) is 0 Å². The summed E-state index contributed by atoms with van der Waals surface area (Å²) in [6.45, 7) is 1.93. The van der Waals surface area contributed by atoms with E-state index in [4.69, 9.17) is 4.42 Å². The molecule has 0 bridgehead atoms. The van der Waals surface area contributed by atoms with E-state index in [0.717, 1.165) is 16.7 Å². The van der Waals surface area contributed by atoms with Gasteiger partial charge in [0.15, 0.2) is 0 Å². The number of urea groups is 1. The number of para-hydroxylation sites is 1. The predicted octanol–water partition coefficient (Wildman–Crippen LogP) is 4.05. The minimum absolute atomic E-state index is 0.177. The Bertz CT molecular complexity index is 750. The predicted molar refractivity (Wildman–Crippen MR) is 85.6 cm³/mol. The Kier molecular flexibility index (Phi) is 3.78. The normalized spacial score (nSPS) is 12.1. The SMILES string of the molecule is CC(c1cc2ccccc2o1)N(C)C(=O)Nc1cccnc1. The van der Waals surface area contributed by atoms with Crippen LogP contribution in [0.25, 0.3) is 11.0 Å². The van der Waals surface area contributed by atoms with Crippen molar-refractivity contribution in [2.75, 3.05) is 12.4 Å². The number of carbonyl (C=O) groups is 1. The zero-order chi connectivity index (χ0) is 15.5. The molecule has 0 aliphatic carbocycles. The fourth-order valence-corrected chi connectivity index (χ4v) is 2.22. The van der Waals surface area contributed by atoms with Crippen LogP contribution >= 0.6 is 0 Å². The van der Waals surface area contributed by atoms with Crippen molar-refractivity contribution in [1.82, 2.24) is 9.88 Å². The van der Waals surface area contributed by atoms with Crippen LogP contribution in [-0.4, -0.2) is 23.0 Å². The van der Waals surface area contributed by atoms with E-state index in [9.17, 15) is 4.79 Å². The van der Waals surface area contributed by atoms with Crippen molar-refractivity contribution < 1.29 is 9.21 Å². The van der Waals surface area contributed by atoms with Crippen LogP contribution in [0.3, 0.4) is 0 Å². The van der Waals surface area contributed by atoms with E-state index in [0.29, 0.717) is 5.69 Å². The van der Waals surface area contributed by atoms with Crippen LogP contribution in [-0.2, 0) is 0 Å². The maximum absolute atomic E-state index is 12.3. The average Bonchev–Trinajstić information content (AvgIpc) is 2.98. The van der Waals surface area contributed by atoms with Gasteiger partial charge in [-0.3, -0.25) is 4.98 Å². The number of benzene rings is 1. The number of anilines is 1. The Morgan fingerprint density at radius 1 is 1.27 bits per heavy atom. The zero-order valence-electron chi connectivity index (χ0n) is 12.5. The summed E-state index contributed by atoms with van der Waals surface area (Å²) < 4.78 is 5.82. The van der Waals surface area contributed by atoms with E-state index < -0.39 is 0 Å². The summed E-state index contributed by atoms with van der Waals surface area (Å²) in [5.41, 5.74) is 1.49. The van der Waals surface area contributed by atoms with E-state index >= 15 is 0 Å². The maximum atomic E-state index is 12.3. The number of hydrogen-bond acceptors (Lipinski definition) is 3. The lowest BCUT2D eigenvalue weighted by molar-refractivity contribution is 0.201. The van der Waals surface area contributed by atoms with Gasteiger partial charge in [-0.15, -0.1) is 0 Å². The van der Waals surface area contributed by atoms with Crippen molar-refractivity contribution in [3.8, 4) is 0 Å². The molecule has 0 radical (unpaired) electrons. The molecule has 5 heteroatoms. The van der Waals surface area contributed by atoms with Gasteiger partial charge < -0.3 is 14.6 Å². The van der Waals surface area contributed by atoms with Gasteiger partial charge in [0.05, 0.1) is 17.9 Å². The number of carbonyl (C=O) groups excluding carboxylic acids is 1. The van der Waals surface area contributed by atoms with E-state index in [2.05, 4.69) is 10.3 Å². The molecular weight excluding hydrogens is 278 g/mol. The third-order valence-electron chi connectivity index (χ3n) is 3.67. The second kappa shape index (κ2) is 5.89. The second-order valence-electron chi connectivity index (χ2n) is 5.15. The molecule has 112 valence electrons. The molecule has 5 nitrogen and oxygen atoms in total. The number of nitrogens with zero attached hydrogens (tertiary/aromatic N) is 2. The van der Waals surface area contributed by atoms with E-state index in [1.165, 1.54) is 0 Å². The van der Waals surface area contributed by atoms with Gasteiger partial charge in [-0.2, -0.15) is 0 Å². The topological polar surface area (TPSA) is 58.4 Å². The molecule has 1 unspecified atom stereocenters. The fourth-order valence-electron chi connectivity index (χ4n) is 2.22. The summed E-state index contributed by atoms with van der Waals surface area (Å²) in [4.78, 5) is 17.9. The molecular formula is C17H17N3O2. The van der Waals surface area contributed by atoms with Gasteiger partial charge in [0.2, 0.25) is 0 Å². The lowest BCUT2D eigenvalue weighted by Gasteiger charge is -2.23. The molecule has 3 aromatic rings. The Morgan fingerprint density at radius 2 is 2.09 bits per heavy atom. The van der Waals surface area contributed by atoms with Crippen LogP contribution in [0.5, 0.6) is 0 Å². The first-order valence-corrected chi connectivity index (χ1v) is 7.07. The minimum Gasteiger partial charge on any atom is -0.459 e. The molecule has 0 saturated heterocycles. The lowest BCUT2D eigenvalue weighted by atomic mass is 10.2. The summed E-state index contributed by atoms with van der Waals surface area (Å²) >= 11 is 0. The number of nitrogens with one attached hydrogen (secondary N) is 1. The minimum atomic E-state index is -0.207. The molecule has 1 N–H and O–H groups in total. The van der Waals surface area contributed by atoms with Gasteiger partial charge >= 0.3 is 6.03 Å². The van der Waals surface area contributed by atoms with Crippen molar-refractivity contribution in [3.63, 3.8) is 0 Å². The van der Waals surface area contributed by atoms with E-state index in [1.54, 1.807) is 36.5 Å². The highest BCUT2D eigenvalue weighted by Crippen LogP contribution is 2.26. The van der Waals surface area contributed by atoms with E-state index in [1.807, 2.05) is 37.3 Å². The summed E-state index contributed by atoms with van der Waals surface area (Å²) in [6.07, 6.45) is 3.27. The summed E-state index contributed by atoms with van der Waals surface area (Å²) in [6, 6.07) is 13.0. The highest BCUT2D eigenvalue weighted by molar-refractivity contribution is 5.89. The molecule has 22 heavy (non-hydrogen) atoms. The van der Waals surface area contributed by atoms with Gasteiger partial charge in [-0.05, 0) is 31.2 Å². The quantitative estimate of drug-likeness (QED) is 0.793. The van der Waals surface area contributed by atoms with E-state index in [-0.39, 0.29) is 12.1 Å². The van der Waals surface area contributed by atoms with Gasteiger partial charge in [0, 0.05) is 18.6 Å². The van der Waals surface area contributed by atoms with Crippen LogP contribution in [0.1, 0.15) is 18.7 Å². The first-order valence-electron chi connectivity index (χ1n) is 7.07.